The van der Waals surface area contributed by atoms with Gasteiger partial charge >= 0.3 is 0 Å². The van der Waals surface area contributed by atoms with Gasteiger partial charge in [-0.2, -0.15) is 0 Å². The standard InChI is InChI=1S/C14H25NO3/c1-9(2)18-13-8-10(3)7-12(5-6-16)14(13)15-11(4)17/h8-9,12-14,16H,5-7H2,1-4H3,(H,15,17)/t12-,13+,14+/m0/s1. The van der Waals surface area contributed by atoms with E-state index in [1.54, 1.807) is 0 Å². The number of hydrogen-bond donors (Lipinski definition) is 2. The van der Waals surface area contributed by atoms with Gasteiger partial charge in [0.25, 0.3) is 0 Å². The lowest BCUT2D eigenvalue weighted by molar-refractivity contribution is -0.121. The summed E-state index contributed by atoms with van der Waals surface area (Å²) in [5.74, 6) is 0.195. The minimum Gasteiger partial charge on any atom is -0.396 e. The molecule has 1 amide bonds. The molecule has 1 aliphatic carbocycles. The maximum absolute atomic E-state index is 11.3. The predicted octanol–water partition coefficient (Wildman–Crippen LogP) is 1.63. The van der Waals surface area contributed by atoms with Gasteiger partial charge < -0.3 is 15.2 Å². The van der Waals surface area contributed by atoms with E-state index in [2.05, 4.69) is 18.3 Å². The van der Waals surface area contributed by atoms with Gasteiger partial charge in [-0.1, -0.05) is 11.6 Å². The van der Waals surface area contributed by atoms with E-state index in [0.717, 1.165) is 6.42 Å². The molecule has 0 saturated carbocycles. The number of aliphatic hydroxyl groups is 1. The molecule has 0 fully saturated rings. The number of carbonyl (C=O) groups is 1. The zero-order valence-corrected chi connectivity index (χ0v) is 11.8. The lowest BCUT2D eigenvalue weighted by Gasteiger charge is -2.37. The smallest absolute Gasteiger partial charge is 0.217 e. The molecular weight excluding hydrogens is 230 g/mol. The Morgan fingerprint density at radius 3 is 2.78 bits per heavy atom. The van der Waals surface area contributed by atoms with Gasteiger partial charge in [0, 0.05) is 13.5 Å². The monoisotopic (exact) mass is 255 g/mol. The van der Waals surface area contributed by atoms with Gasteiger partial charge in [0.15, 0.2) is 0 Å². The number of carbonyl (C=O) groups excluding carboxylic acids is 1. The van der Waals surface area contributed by atoms with Crippen LogP contribution in [0.3, 0.4) is 0 Å². The second-order valence-electron chi connectivity index (χ2n) is 5.37. The van der Waals surface area contributed by atoms with E-state index in [1.807, 2.05) is 13.8 Å². The fraction of sp³-hybridized carbons (Fsp3) is 0.786. The Morgan fingerprint density at radius 2 is 2.28 bits per heavy atom. The van der Waals surface area contributed by atoms with E-state index in [-0.39, 0.29) is 36.7 Å². The molecule has 0 saturated heterocycles. The first-order valence-corrected chi connectivity index (χ1v) is 6.64. The number of allylic oxidation sites excluding steroid dienone is 1. The first-order valence-electron chi connectivity index (χ1n) is 6.64. The quantitative estimate of drug-likeness (QED) is 0.734. The summed E-state index contributed by atoms with van der Waals surface area (Å²) in [5.41, 5.74) is 1.26. The van der Waals surface area contributed by atoms with Crippen molar-refractivity contribution in [3.63, 3.8) is 0 Å². The van der Waals surface area contributed by atoms with Crippen LogP contribution in [-0.2, 0) is 9.53 Å². The van der Waals surface area contributed by atoms with Crippen LogP contribution in [0.4, 0.5) is 0 Å². The molecule has 104 valence electrons. The molecule has 1 aliphatic rings. The number of hydrogen-bond acceptors (Lipinski definition) is 3. The van der Waals surface area contributed by atoms with E-state index in [1.165, 1.54) is 12.5 Å². The van der Waals surface area contributed by atoms with Gasteiger partial charge in [0.05, 0.1) is 18.2 Å². The van der Waals surface area contributed by atoms with Crippen molar-refractivity contribution < 1.29 is 14.6 Å². The molecular formula is C14H25NO3. The van der Waals surface area contributed by atoms with Crippen LogP contribution in [0.5, 0.6) is 0 Å². The minimum absolute atomic E-state index is 0.0410. The number of nitrogens with one attached hydrogen (secondary N) is 1. The molecule has 0 unspecified atom stereocenters. The summed E-state index contributed by atoms with van der Waals surface area (Å²) in [4.78, 5) is 11.3. The molecule has 18 heavy (non-hydrogen) atoms. The highest BCUT2D eigenvalue weighted by Gasteiger charge is 2.33. The maximum Gasteiger partial charge on any atom is 0.217 e. The summed E-state index contributed by atoms with van der Waals surface area (Å²) < 4.78 is 5.88. The Bertz CT molecular complexity index is 312. The van der Waals surface area contributed by atoms with Crippen molar-refractivity contribution in [1.29, 1.82) is 0 Å². The molecule has 0 aliphatic heterocycles. The van der Waals surface area contributed by atoms with Gasteiger partial charge in [-0.25, -0.2) is 0 Å². The van der Waals surface area contributed by atoms with Crippen LogP contribution >= 0.6 is 0 Å². The lowest BCUT2D eigenvalue weighted by atomic mass is 9.81. The summed E-state index contributed by atoms with van der Waals surface area (Å²) in [6.45, 7) is 7.72. The predicted molar refractivity (Wildman–Crippen MR) is 71.2 cm³/mol. The van der Waals surface area contributed by atoms with Gasteiger partial charge in [-0.3, -0.25) is 4.79 Å². The molecule has 0 heterocycles. The molecule has 0 spiro atoms. The van der Waals surface area contributed by atoms with Crippen molar-refractivity contribution in [2.75, 3.05) is 6.61 Å². The van der Waals surface area contributed by atoms with Gasteiger partial charge in [0.1, 0.15) is 0 Å². The highest BCUT2D eigenvalue weighted by Crippen LogP contribution is 2.29. The second-order valence-corrected chi connectivity index (χ2v) is 5.37. The van der Waals surface area contributed by atoms with Crippen LogP contribution in [0.25, 0.3) is 0 Å². The van der Waals surface area contributed by atoms with Gasteiger partial charge in [-0.15, -0.1) is 0 Å². The van der Waals surface area contributed by atoms with Crippen LogP contribution in [0, 0.1) is 5.92 Å². The molecule has 3 atom stereocenters. The SMILES string of the molecule is CC(=O)N[C@@H]1[C@@H](CCO)CC(C)=C[C@H]1OC(C)C. The Kier molecular flexibility index (Phi) is 5.82. The van der Waals surface area contributed by atoms with E-state index in [9.17, 15) is 4.79 Å². The van der Waals surface area contributed by atoms with Crippen molar-refractivity contribution in [3.05, 3.63) is 11.6 Å². The summed E-state index contributed by atoms with van der Waals surface area (Å²) in [6, 6.07) is -0.0410. The Morgan fingerprint density at radius 1 is 1.61 bits per heavy atom. The Hall–Kier alpha value is -0.870. The highest BCUT2D eigenvalue weighted by molar-refractivity contribution is 5.73. The Balaban J connectivity index is 2.86. The number of amides is 1. The molecule has 2 N–H and O–H groups in total. The van der Waals surface area contributed by atoms with E-state index in [4.69, 9.17) is 9.84 Å². The van der Waals surface area contributed by atoms with Crippen LogP contribution in [0.15, 0.2) is 11.6 Å². The summed E-state index contributed by atoms with van der Waals surface area (Å²) in [6.07, 6.45) is 3.70. The number of aliphatic hydroxyl groups excluding tert-OH is 1. The van der Waals surface area contributed by atoms with Crippen molar-refractivity contribution in [2.24, 2.45) is 5.92 Å². The maximum atomic E-state index is 11.3. The largest absolute Gasteiger partial charge is 0.396 e. The molecule has 0 radical (unpaired) electrons. The molecule has 0 aromatic heterocycles. The van der Waals surface area contributed by atoms with Crippen LogP contribution < -0.4 is 5.32 Å². The van der Waals surface area contributed by atoms with E-state index >= 15 is 0 Å². The minimum atomic E-state index is -0.0980. The zero-order chi connectivity index (χ0) is 13.7. The first-order chi connectivity index (χ1) is 8.43. The molecule has 1 rings (SSSR count). The lowest BCUT2D eigenvalue weighted by Crippen LogP contribution is -2.50. The zero-order valence-electron chi connectivity index (χ0n) is 11.8. The third-order valence-corrected chi connectivity index (χ3v) is 3.19. The van der Waals surface area contributed by atoms with Gasteiger partial charge in [0.2, 0.25) is 5.91 Å². The topological polar surface area (TPSA) is 58.6 Å². The molecule has 4 nitrogen and oxygen atoms in total. The third kappa shape index (κ3) is 4.42. The normalized spacial score (nSPS) is 28.1. The fourth-order valence-corrected chi connectivity index (χ4v) is 2.58. The van der Waals surface area contributed by atoms with Crippen molar-refractivity contribution >= 4 is 5.91 Å². The number of ether oxygens (including phenoxy) is 1. The molecule has 0 aromatic carbocycles. The van der Waals surface area contributed by atoms with E-state index in [0.29, 0.717) is 6.42 Å². The highest BCUT2D eigenvalue weighted by atomic mass is 16.5. The first kappa shape index (κ1) is 15.2. The van der Waals surface area contributed by atoms with Crippen molar-refractivity contribution in [1.82, 2.24) is 5.32 Å². The fourth-order valence-electron chi connectivity index (χ4n) is 2.58. The average Bonchev–Trinajstić information content (AvgIpc) is 2.22. The summed E-state index contributed by atoms with van der Waals surface area (Å²) >= 11 is 0. The average molecular weight is 255 g/mol. The number of rotatable bonds is 5. The van der Waals surface area contributed by atoms with Crippen LogP contribution in [-0.4, -0.2) is 35.9 Å². The van der Waals surface area contributed by atoms with Gasteiger partial charge in [-0.05, 0) is 39.5 Å². The van der Waals surface area contributed by atoms with E-state index < -0.39 is 0 Å². The second kappa shape index (κ2) is 6.90. The molecule has 0 bridgehead atoms. The third-order valence-electron chi connectivity index (χ3n) is 3.19. The Labute approximate surface area is 109 Å². The summed E-state index contributed by atoms with van der Waals surface area (Å²) in [5, 5.41) is 12.1. The molecule has 0 aromatic rings. The van der Waals surface area contributed by atoms with Crippen LogP contribution in [0.1, 0.15) is 40.5 Å². The summed E-state index contributed by atoms with van der Waals surface area (Å²) in [7, 11) is 0. The van der Waals surface area contributed by atoms with Crippen molar-refractivity contribution in [2.45, 2.75) is 58.8 Å². The van der Waals surface area contributed by atoms with Crippen LogP contribution in [0.2, 0.25) is 0 Å². The van der Waals surface area contributed by atoms with Crippen molar-refractivity contribution in [3.8, 4) is 0 Å². The molecule has 4 heteroatoms.